The third-order valence-corrected chi connectivity index (χ3v) is 5.88. The maximum absolute atomic E-state index is 13.2. The number of rotatable bonds is 5. The topological polar surface area (TPSA) is 83.1 Å². The number of urea groups is 2. The van der Waals surface area contributed by atoms with Crippen LogP contribution in [0.4, 0.5) is 26.7 Å². The molecule has 1 saturated heterocycles. The summed E-state index contributed by atoms with van der Waals surface area (Å²) >= 11 is 5.95. The van der Waals surface area contributed by atoms with E-state index < -0.39 is 0 Å². The van der Waals surface area contributed by atoms with Crippen molar-refractivity contribution in [2.75, 3.05) is 35.4 Å². The Balaban J connectivity index is 1.21. The van der Waals surface area contributed by atoms with Gasteiger partial charge in [-0.1, -0.05) is 23.7 Å². The predicted octanol–water partition coefficient (Wildman–Crippen LogP) is 5.55. The number of benzene rings is 3. The van der Waals surface area contributed by atoms with Gasteiger partial charge in [0, 0.05) is 41.7 Å². The molecule has 4 amide bonds. The van der Waals surface area contributed by atoms with Gasteiger partial charge in [0.25, 0.3) is 0 Å². The van der Waals surface area contributed by atoms with Crippen molar-refractivity contribution in [3.05, 3.63) is 77.3 Å². The molecule has 2 aliphatic heterocycles. The zero-order valence-corrected chi connectivity index (χ0v) is 19.0. The molecule has 34 heavy (non-hydrogen) atoms. The van der Waals surface area contributed by atoms with Crippen LogP contribution in [0.1, 0.15) is 12.0 Å². The van der Waals surface area contributed by atoms with Crippen LogP contribution in [0.3, 0.4) is 0 Å². The average molecular weight is 479 g/mol. The van der Waals surface area contributed by atoms with Gasteiger partial charge in [0.2, 0.25) is 6.79 Å². The second-order valence-corrected chi connectivity index (χ2v) is 8.47. The molecule has 0 unspecified atom stereocenters. The van der Waals surface area contributed by atoms with Crippen molar-refractivity contribution in [2.45, 2.75) is 13.0 Å². The maximum Gasteiger partial charge on any atom is 0.324 e. The fourth-order valence-electron chi connectivity index (χ4n) is 4.01. The third-order valence-electron chi connectivity index (χ3n) is 5.64. The molecule has 0 bridgehead atoms. The normalized spacial score (nSPS) is 14.8. The first-order valence-electron chi connectivity index (χ1n) is 10.9. The van der Waals surface area contributed by atoms with Gasteiger partial charge in [0.05, 0.1) is 0 Å². The second-order valence-electron chi connectivity index (χ2n) is 8.03. The fourth-order valence-corrected chi connectivity index (χ4v) is 4.20. The van der Waals surface area contributed by atoms with Gasteiger partial charge in [-0.25, -0.2) is 9.59 Å². The molecule has 2 aliphatic rings. The Labute approximate surface area is 202 Å². The molecular weight excluding hydrogens is 456 g/mol. The molecule has 0 atom stereocenters. The summed E-state index contributed by atoms with van der Waals surface area (Å²) in [5.41, 5.74) is 2.99. The second kappa shape index (κ2) is 9.52. The molecule has 0 spiro atoms. The van der Waals surface area contributed by atoms with Crippen LogP contribution >= 0.6 is 11.6 Å². The van der Waals surface area contributed by atoms with E-state index in [2.05, 4.69) is 10.6 Å². The molecule has 9 heteroatoms. The lowest BCUT2D eigenvalue weighted by atomic mass is 10.1. The molecule has 3 aromatic rings. The van der Waals surface area contributed by atoms with Crippen LogP contribution in [0, 0.1) is 0 Å². The smallest absolute Gasteiger partial charge is 0.324 e. The monoisotopic (exact) mass is 478 g/mol. The Bertz CT molecular complexity index is 1220. The Morgan fingerprint density at radius 1 is 0.912 bits per heavy atom. The summed E-state index contributed by atoms with van der Waals surface area (Å²) in [6, 6.07) is 19.5. The maximum atomic E-state index is 13.2. The van der Waals surface area contributed by atoms with Gasteiger partial charge in [0.15, 0.2) is 11.5 Å². The SMILES string of the molecule is O=C(Nc1ccc(N2CCCN(Cc3ccc4c(c3)OCO4)C2=O)cc1)Nc1cccc(Cl)c1. The summed E-state index contributed by atoms with van der Waals surface area (Å²) in [7, 11) is 0. The van der Waals surface area contributed by atoms with Crippen molar-refractivity contribution in [2.24, 2.45) is 0 Å². The first kappa shape index (κ1) is 21.9. The molecule has 5 rings (SSSR count). The van der Waals surface area contributed by atoms with Crippen LogP contribution < -0.4 is 25.0 Å². The molecule has 2 heterocycles. The van der Waals surface area contributed by atoms with Crippen molar-refractivity contribution in [3.8, 4) is 11.5 Å². The molecule has 0 aliphatic carbocycles. The number of hydrogen-bond acceptors (Lipinski definition) is 4. The lowest BCUT2D eigenvalue weighted by Crippen LogP contribution is -2.49. The van der Waals surface area contributed by atoms with Crippen LogP contribution in [0.5, 0.6) is 11.5 Å². The zero-order valence-electron chi connectivity index (χ0n) is 18.3. The van der Waals surface area contributed by atoms with Gasteiger partial charge in [-0.2, -0.15) is 0 Å². The molecular formula is C25H23ClN4O4. The van der Waals surface area contributed by atoms with E-state index in [0.717, 1.165) is 23.4 Å². The van der Waals surface area contributed by atoms with Gasteiger partial charge >= 0.3 is 12.1 Å². The van der Waals surface area contributed by atoms with E-state index in [1.807, 2.05) is 35.2 Å². The average Bonchev–Trinajstić information content (AvgIpc) is 3.29. The highest BCUT2D eigenvalue weighted by Gasteiger charge is 2.27. The standard InChI is InChI=1S/C25H23ClN4O4/c26-18-3-1-4-20(14-18)28-24(31)27-19-6-8-21(9-7-19)30-12-2-11-29(25(30)32)15-17-5-10-22-23(13-17)34-16-33-22/h1,3-10,13-14H,2,11-12,15-16H2,(H2,27,28,31). The number of ether oxygens (including phenoxy) is 2. The Morgan fingerprint density at radius 3 is 2.53 bits per heavy atom. The highest BCUT2D eigenvalue weighted by atomic mass is 35.5. The van der Waals surface area contributed by atoms with Crippen molar-refractivity contribution < 1.29 is 19.1 Å². The minimum absolute atomic E-state index is 0.0525. The van der Waals surface area contributed by atoms with E-state index in [0.29, 0.717) is 41.8 Å². The lowest BCUT2D eigenvalue weighted by Gasteiger charge is -2.35. The highest BCUT2D eigenvalue weighted by Crippen LogP contribution is 2.33. The van der Waals surface area contributed by atoms with E-state index in [1.54, 1.807) is 41.3 Å². The predicted molar refractivity (Wildman–Crippen MR) is 131 cm³/mol. The highest BCUT2D eigenvalue weighted by molar-refractivity contribution is 6.30. The molecule has 1 fully saturated rings. The summed E-state index contributed by atoms with van der Waals surface area (Å²) in [5.74, 6) is 1.44. The van der Waals surface area contributed by atoms with Crippen LogP contribution in [0.25, 0.3) is 0 Å². The Morgan fingerprint density at radius 2 is 1.71 bits per heavy atom. The fraction of sp³-hybridized carbons (Fsp3) is 0.200. The molecule has 0 aromatic heterocycles. The van der Waals surface area contributed by atoms with E-state index in [1.165, 1.54) is 0 Å². The summed E-state index contributed by atoms with van der Waals surface area (Å²) < 4.78 is 10.8. The quantitative estimate of drug-likeness (QED) is 0.504. The van der Waals surface area contributed by atoms with Gasteiger partial charge in [0.1, 0.15) is 0 Å². The zero-order chi connectivity index (χ0) is 23.5. The number of halogens is 1. The van der Waals surface area contributed by atoms with Crippen molar-refractivity contribution in [3.63, 3.8) is 0 Å². The Hall–Kier alpha value is -3.91. The molecule has 8 nitrogen and oxygen atoms in total. The largest absolute Gasteiger partial charge is 0.454 e. The van der Waals surface area contributed by atoms with Crippen molar-refractivity contribution in [1.29, 1.82) is 0 Å². The van der Waals surface area contributed by atoms with Gasteiger partial charge < -0.3 is 25.0 Å². The molecule has 3 aromatic carbocycles. The van der Waals surface area contributed by atoms with E-state index in [-0.39, 0.29) is 18.9 Å². The first-order chi connectivity index (χ1) is 16.5. The van der Waals surface area contributed by atoms with Crippen LogP contribution in [0.2, 0.25) is 5.02 Å². The van der Waals surface area contributed by atoms with E-state index in [4.69, 9.17) is 21.1 Å². The summed E-state index contributed by atoms with van der Waals surface area (Å²) in [4.78, 5) is 29.0. The van der Waals surface area contributed by atoms with Crippen molar-refractivity contribution in [1.82, 2.24) is 4.90 Å². The summed E-state index contributed by atoms with van der Waals surface area (Å²) in [6.45, 7) is 2.04. The Kier molecular flexibility index (Phi) is 6.14. The van der Waals surface area contributed by atoms with Crippen LogP contribution in [0.15, 0.2) is 66.7 Å². The summed E-state index contributed by atoms with van der Waals surface area (Å²) in [6.07, 6.45) is 0.859. The molecule has 0 radical (unpaired) electrons. The first-order valence-corrected chi connectivity index (χ1v) is 11.3. The third kappa shape index (κ3) is 4.87. The number of hydrogen-bond donors (Lipinski definition) is 2. The summed E-state index contributed by atoms with van der Waals surface area (Å²) in [5, 5.41) is 6.06. The van der Waals surface area contributed by atoms with E-state index in [9.17, 15) is 9.59 Å². The number of nitrogens with one attached hydrogen (secondary N) is 2. The molecule has 2 N–H and O–H groups in total. The van der Waals surface area contributed by atoms with Crippen LogP contribution in [-0.2, 0) is 6.54 Å². The van der Waals surface area contributed by atoms with Crippen LogP contribution in [-0.4, -0.2) is 36.8 Å². The van der Waals surface area contributed by atoms with Gasteiger partial charge in [-0.3, -0.25) is 4.90 Å². The van der Waals surface area contributed by atoms with Crippen molar-refractivity contribution >= 4 is 40.7 Å². The number of nitrogens with zero attached hydrogens (tertiary/aromatic N) is 2. The number of carbonyl (C=O) groups is 2. The van der Waals surface area contributed by atoms with E-state index >= 15 is 0 Å². The number of anilines is 3. The number of amides is 4. The van der Waals surface area contributed by atoms with Gasteiger partial charge in [-0.05, 0) is 66.6 Å². The minimum Gasteiger partial charge on any atom is -0.454 e. The number of fused-ring (bicyclic) bond motifs is 1. The molecule has 174 valence electrons. The minimum atomic E-state index is -0.376. The lowest BCUT2D eigenvalue weighted by molar-refractivity contribution is 0.173. The number of carbonyl (C=O) groups excluding carboxylic acids is 2. The molecule has 0 saturated carbocycles. The van der Waals surface area contributed by atoms with Gasteiger partial charge in [-0.15, -0.1) is 0 Å².